The van der Waals surface area contributed by atoms with E-state index in [4.69, 9.17) is 0 Å². The molecule has 1 aromatic rings. The van der Waals surface area contributed by atoms with Crippen LogP contribution in [0.1, 0.15) is 35.4 Å². The van der Waals surface area contributed by atoms with Crippen molar-refractivity contribution >= 4 is 5.91 Å². The van der Waals surface area contributed by atoms with Gasteiger partial charge in [0.05, 0.1) is 0 Å². The highest BCUT2D eigenvalue weighted by atomic mass is 19.4. The van der Waals surface area contributed by atoms with Gasteiger partial charge in [0.1, 0.15) is 5.69 Å². The van der Waals surface area contributed by atoms with Crippen molar-refractivity contribution in [3.63, 3.8) is 0 Å². The lowest BCUT2D eigenvalue weighted by Crippen LogP contribution is -2.43. The van der Waals surface area contributed by atoms with Gasteiger partial charge in [0, 0.05) is 18.1 Å². The first kappa shape index (κ1) is 14.2. The van der Waals surface area contributed by atoms with Crippen molar-refractivity contribution in [1.29, 1.82) is 0 Å². The molecule has 3 heterocycles. The third-order valence-electron chi connectivity index (χ3n) is 3.96. The van der Waals surface area contributed by atoms with Crippen molar-refractivity contribution in [3.05, 3.63) is 29.3 Å². The molecule has 2 fully saturated rings. The molecule has 2 bridgehead atoms. The van der Waals surface area contributed by atoms with Crippen LogP contribution in [0.4, 0.5) is 17.6 Å². The highest BCUT2D eigenvalue weighted by Gasteiger charge is 2.40. The third kappa shape index (κ3) is 2.72. The number of carbonyl (C=O) groups excluding carboxylic acids is 1. The second-order valence-corrected chi connectivity index (χ2v) is 5.39. The Labute approximate surface area is 117 Å². The van der Waals surface area contributed by atoms with E-state index in [9.17, 15) is 22.4 Å². The Kier molecular flexibility index (Phi) is 3.35. The minimum Gasteiger partial charge on any atom is -0.346 e. The zero-order chi connectivity index (χ0) is 15.2. The van der Waals surface area contributed by atoms with Gasteiger partial charge in [-0.05, 0) is 31.4 Å². The summed E-state index contributed by atoms with van der Waals surface area (Å²) < 4.78 is 50.9. The molecule has 0 saturated carbocycles. The second-order valence-electron chi connectivity index (χ2n) is 5.39. The number of fused-ring (bicyclic) bond motifs is 2. The van der Waals surface area contributed by atoms with Crippen molar-refractivity contribution in [2.24, 2.45) is 0 Å². The van der Waals surface area contributed by atoms with Crippen LogP contribution in [-0.2, 0) is 6.18 Å². The molecule has 0 spiro atoms. The number of pyridine rings is 1. The first-order chi connectivity index (χ1) is 9.84. The zero-order valence-electron chi connectivity index (χ0n) is 10.9. The Hall–Kier alpha value is -1.70. The maximum atomic E-state index is 13.1. The predicted octanol–water partition coefficient (Wildman–Crippen LogP) is 1.86. The molecular formula is C13H13F4N3O. The van der Waals surface area contributed by atoms with Crippen LogP contribution < -0.4 is 10.6 Å². The van der Waals surface area contributed by atoms with Gasteiger partial charge in [-0.15, -0.1) is 0 Å². The van der Waals surface area contributed by atoms with Crippen LogP contribution >= 0.6 is 0 Å². The maximum Gasteiger partial charge on any atom is 0.436 e. The average molecular weight is 303 g/mol. The lowest BCUT2D eigenvalue weighted by Gasteiger charge is -2.21. The molecule has 0 aliphatic carbocycles. The Balaban J connectivity index is 1.76. The first-order valence-corrected chi connectivity index (χ1v) is 6.65. The molecule has 0 unspecified atom stereocenters. The first-order valence-electron chi connectivity index (χ1n) is 6.65. The lowest BCUT2D eigenvalue weighted by atomic mass is 9.95. The van der Waals surface area contributed by atoms with Crippen molar-refractivity contribution in [2.75, 3.05) is 0 Å². The maximum absolute atomic E-state index is 13.1. The van der Waals surface area contributed by atoms with Crippen molar-refractivity contribution in [3.8, 4) is 0 Å². The molecule has 2 N–H and O–H groups in total. The van der Waals surface area contributed by atoms with Crippen molar-refractivity contribution < 1.29 is 22.4 Å². The second kappa shape index (κ2) is 4.94. The van der Waals surface area contributed by atoms with Gasteiger partial charge < -0.3 is 10.6 Å². The van der Waals surface area contributed by atoms with E-state index in [0.717, 1.165) is 25.3 Å². The summed E-state index contributed by atoms with van der Waals surface area (Å²) in [5, 5.41) is 5.98. The van der Waals surface area contributed by atoms with Crippen LogP contribution in [0.2, 0.25) is 0 Å². The standard InChI is InChI=1S/C13H13F4N3O/c14-7-2-4-9(19-11(7)13(15,16)17)12(21)20-10-5-6-1-3-8(10)18-6/h2,4,6,8,10,18H,1,3,5H2,(H,20,21)/t6-,8+,10-/m1/s1. The van der Waals surface area contributed by atoms with E-state index in [-0.39, 0.29) is 12.1 Å². The number of nitrogens with zero attached hydrogens (tertiary/aromatic N) is 1. The third-order valence-corrected chi connectivity index (χ3v) is 3.96. The van der Waals surface area contributed by atoms with Crippen LogP contribution in [0.3, 0.4) is 0 Å². The number of nitrogens with one attached hydrogen (secondary N) is 2. The van der Waals surface area contributed by atoms with Gasteiger partial charge >= 0.3 is 6.18 Å². The molecule has 0 radical (unpaired) electrons. The van der Waals surface area contributed by atoms with E-state index in [2.05, 4.69) is 15.6 Å². The van der Waals surface area contributed by atoms with Crippen molar-refractivity contribution in [2.45, 2.75) is 43.6 Å². The van der Waals surface area contributed by atoms with Crippen LogP contribution in [0.5, 0.6) is 0 Å². The molecule has 21 heavy (non-hydrogen) atoms. The van der Waals surface area contributed by atoms with Crippen LogP contribution in [0, 0.1) is 5.82 Å². The number of halogens is 4. The van der Waals surface area contributed by atoms with Gasteiger partial charge in [-0.25, -0.2) is 9.37 Å². The number of hydrogen-bond acceptors (Lipinski definition) is 3. The fourth-order valence-corrected chi connectivity index (χ4v) is 2.99. The number of amides is 1. The fraction of sp³-hybridized carbons (Fsp3) is 0.538. The molecule has 114 valence electrons. The minimum atomic E-state index is -4.92. The van der Waals surface area contributed by atoms with E-state index in [0.29, 0.717) is 12.1 Å². The monoisotopic (exact) mass is 303 g/mol. The Morgan fingerprint density at radius 2 is 2.10 bits per heavy atom. The van der Waals surface area contributed by atoms with Crippen LogP contribution in [0.15, 0.2) is 12.1 Å². The predicted molar refractivity (Wildman–Crippen MR) is 65.0 cm³/mol. The average Bonchev–Trinajstić information content (AvgIpc) is 3.00. The highest BCUT2D eigenvalue weighted by molar-refractivity contribution is 5.92. The molecule has 2 saturated heterocycles. The van der Waals surface area contributed by atoms with Gasteiger partial charge in [-0.3, -0.25) is 4.79 Å². The summed E-state index contributed by atoms with van der Waals surface area (Å²) in [6.45, 7) is 0. The molecule has 1 amide bonds. The van der Waals surface area contributed by atoms with Gasteiger partial charge in [0.25, 0.3) is 5.91 Å². The van der Waals surface area contributed by atoms with E-state index < -0.39 is 29.3 Å². The molecule has 0 aromatic carbocycles. The van der Waals surface area contributed by atoms with Crippen LogP contribution in [-0.4, -0.2) is 29.0 Å². The van der Waals surface area contributed by atoms with Gasteiger partial charge in [0.15, 0.2) is 11.5 Å². The molecule has 1 aromatic heterocycles. The summed E-state index contributed by atoms with van der Waals surface area (Å²) in [5.74, 6) is -2.19. The van der Waals surface area contributed by atoms with E-state index in [1.165, 1.54) is 0 Å². The Morgan fingerprint density at radius 1 is 1.33 bits per heavy atom. The Bertz CT molecular complexity index is 575. The lowest BCUT2D eigenvalue weighted by molar-refractivity contribution is -0.143. The highest BCUT2D eigenvalue weighted by Crippen LogP contribution is 2.30. The number of rotatable bonds is 2. The van der Waals surface area contributed by atoms with Crippen molar-refractivity contribution in [1.82, 2.24) is 15.6 Å². The number of aromatic nitrogens is 1. The largest absolute Gasteiger partial charge is 0.436 e. The summed E-state index contributed by atoms with van der Waals surface area (Å²) in [6.07, 6.45) is -2.19. The normalized spacial score (nSPS) is 27.9. The fourth-order valence-electron chi connectivity index (χ4n) is 2.99. The smallest absolute Gasteiger partial charge is 0.346 e. The van der Waals surface area contributed by atoms with Gasteiger partial charge in [0.2, 0.25) is 0 Å². The number of hydrogen-bond donors (Lipinski definition) is 2. The summed E-state index contributed by atoms with van der Waals surface area (Å²) >= 11 is 0. The molecule has 3 rings (SSSR count). The molecular weight excluding hydrogens is 290 g/mol. The summed E-state index contributed by atoms with van der Waals surface area (Å²) in [7, 11) is 0. The minimum absolute atomic E-state index is 0.113. The van der Waals surface area contributed by atoms with Gasteiger partial charge in [-0.1, -0.05) is 0 Å². The molecule has 2 aliphatic heterocycles. The molecule has 2 aliphatic rings. The summed E-state index contributed by atoms with van der Waals surface area (Å²) in [5.41, 5.74) is -2.09. The molecule has 3 atom stereocenters. The van der Waals surface area contributed by atoms with Gasteiger partial charge in [-0.2, -0.15) is 13.2 Å². The number of alkyl halides is 3. The zero-order valence-corrected chi connectivity index (χ0v) is 10.9. The summed E-state index contributed by atoms with van der Waals surface area (Å²) in [4.78, 5) is 15.1. The van der Waals surface area contributed by atoms with E-state index in [1.807, 2.05) is 0 Å². The molecule has 4 nitrogen and oxygen atoms in total. The van der Waals surface area contributed by atoms with Crippen LogP contribution in [0.25, 0.3) is 0 Å². The Morgan fingerprint density at radius 3 is 2.67 bits per heavy atom. The topological polar surface area (TPSA) is 54.0 Å². The van der Waals surface area contributed by atoms with E-state index >= 15 is 0 Å². The SMILES string of the molecule is O=C(N[C@@H]1C[C@H]2CC[C@@H]1N2)c1ccc(F)c(C(F)(F)F)n1. The van der Waals surface area contributed by atoms with E-state index in [1.54, 1.807) is 0 Å². The summed E-state index contributed by atoms with van der Waals surface area (Å²) in [6, 6.07) is 1.97. The quantitative estimate of drug-likeness (QED) is 0.820. The number of carbonyl (C=O) groups is 1. The molecule has 8 heteroatoms.